The van der Waals surface area contributed by atoms with Crippen molar-refractivity contribution >= 4 is 11.8 Å². The van der Waals surface area contributed by atoms with Crippen molar-refractivity contribution in [2.45, 2.75) is 23.0 Å². The van der Waals surface area contributed by atoms with Crippen molar-refractivity contribution in [1.82, 2.24) is 0 Å². The average molecular weight is 303 g/mol. The van der Waals surface area contributed by atoms with Crippen LogP contribution in [-0.4, -0.2) is 18.4 Å². The number of fused-ring (bicyclic) bond motifs is 1. The molecule has 0 spiro atoms. The zero-order valence-electron chi connectivity index (χ0n) is 11.7. The SMILES string of the molecule is NCCc1cc(F)cc(OCC2Cc3ccccc3S2)c1. The molecule has 21 heavy (non-hydrogen) atoms. The van der Waals surface area contributed by atoms with Gasteiger partial charge in [0, 0.05) is 16.2 Å². The van der Waals surface area contributed by atoms with Gasteiger partial charge in [-0.25, -0.2) is 4.39 Å². The van der Waals surface area contributed by atoms with E-state index in [0.717, 1.165) is 12.0 Å². The predicted molar refractivity (Wildman–Crippen MR) is 84.4 cm³/mol. The van der Waals surface area contributed by atoms with Gasteiger partial charge < -0.3 is 10.5 Å². The van der Waals surface area contributed by atoms with Crippen LogP contribution in [-0.2, 0) is 12.8 Å². The van der Waals surface area contributed by atoms with E-state index < -0.39 is 0 Å². The summed E-state index contributed by atoms with van der Waals surface area (Å²) in [6.45, 7) is 1.10. The Morgan fingerprint density at radius 3 is 2.90 bits per heavy atom. The highest BCUT2D eigenvalue weighted by Gasteiger charge is 2.22. The number of ether oxygens (including phenoxy) is 1. The normalized spacial score (nSPS) is 16.8. The van der Waals surface area contributed by atoms with E-state index in [9.17, 15) is 4.39 Å². The molecule has 0 aliphatic carbocycles. The van der Waals surface area contributed by atoms with E-state index in [-0.39, 0.29) is 5.82 Å². The van der Waals surface area contributed by atoms with Crippen LogP contribution in [0.25, 0.3) is 0 Å². The topological polar surface area (TPSA) is 35.2 Å². The Bertz CT molecular complexity index is 607. The quantitative estimate of drug-likeness (QED) is 0.919. The maximum Gasteiger partial charge on any atom is 0.127 e. The molecular weight excluding hydrogens is 285 g/mol. The number of hydrogen-bond donors (Lipinski definition) is 1. The first-order chi connectivity index (χ1) is 10.2. The van der Waals surface area contributed by atoms with Crippen LogP contribution in [0.2, 0.25) is 0 Å². The minimum absolute atomic E-state index is 0.265. The summed E-state index contributed by atoms with van der Waals surface area (Å²) >= 11 is 1.84. The third kappa shape index (κ3) is 3.57. The molecule has 1 unspecified atom stereocenters. The fourth-order valence-corrected chi connectivity index (χ4v) is 3.77. The minimum Gasteiger partial charge on any atom is -0.492 e. The van der Waals surface area contributed by atoms with Gasteiger partial charge in [-0.05, 0) is 48.7 Å². The second-order valence-corrected chi connectivity index (χ2v) is 6.54. The molecule has 0 fully saturated rings. The maximum absolute atomic E-state index is 13.5. The molecule has 1 aliphatic rings. The van der Waals surface area contributed by atoms with E-state index >= 15 is 0 Å². The molecule has 2 nitrogen and oxygen atoms in total. The summed E-state index contributed by atoms with van der Waals surface area (Å²) in [5.74, 6) is 0.327. The van der Waals surface area contributed by atoms with Crippen molar-refractivity contribution in [1.29, 1.82) is 0 Å². The smallest absolute Gasteiger partial charge is 0.127 e. The van der Waals surface area contributed by atoms with Crippen molar-refractivity contribution < 1.29 is 9.13 Å². The first-order valence-corrected chi connectivity index (χ1v) is 7.99. The third-order valence-electron chi connectivity index (χ3n) is 3.51. The van der Waals surface area contributed by atoms with Gasteiger partial charge in [0.2, 0.25) is 0 Å². The van der Waals surface area contributed by atoms with E-state index in [4.69, 9.17) is 10.5 Å². The molecule has 0 saturated carbocycles. The lowest BCUT2D eigenvalue weighted by Gasteiger charge is -2.12. The van der Waals surface area contributed by atoms with Crippen LogP contribution in [0.4, 0.5) is 4.39 Å². The summed E-state index contributed by atoms with van der Waals surface area (Å²) in [6.07, 6.45) is 1.67. The molecule has 3 rings (SSSR count). The van der Waals surface area contributed by atoms with Crippen LogP contribution >= 0.6 is 11.8 Å². The van der Waals surface area contributed by atoms with Crippen molar-refractivity contribution in [2.75, 3.05) is 13.2 Å². The summed E-state index contributed by atoms with van der Waals surface area (Å²) in [6, 6.07) is 13.2. The molecular formula is C17H18FNOS. The van der Waals surface area contributed by atoms with Crippen LogP contribution in [0.15, 0.2) is 47.4 Å². The molecule has 0 amide bonds. The Balaban J connectivity index is 1.61. The molecule has 1 atom stereocenters. The van der Waals surface area contributed by atoms with Crippen LogP contribution in [0.1, 0.15) is 11.1 Å². The maximum atomic E-state index is 13.5. The predicted octanol–water partition coefficient (Wildman–Crippen LogP) is 3.42. The molecule has 2 N–H and O–H groups in total. The largest absolute Gasteiger partial charge is 0.492 e. The van der Waals surface area contributed by atoms with E-state index in [1.54, 1.807) is 0 Å². The van der Waals surface area contributed by atoms with Crippen molar-refractivity contribution in [3.8, 4) is 5.75 Å². The molecule has 0 saturated heterocycles. The van der Waals surface area contributed by atoms with Crippen LogP contribution < -0.4 is 10.5 Å². The number of nitrogens with two attached hydrogens (primary N) is 1. The second kappa shape index (κ2) is 6.50. The lowest BCUT2D eigenvalue weighted by atomic mass is 10.1. The highest BCUT2D eigenvalue weighted by molar-refractivity contribution is 8.00. The number of halogens is 1. The third-order valence-corrected chi connectivity index (χ3v) is 4.80. The average Bonchev–Trinajstić information content (AvgIpc) is 2.88. The van der Waals surface area contributed by atoms with Gasteiger partial charge in [-0.15, -0.1) is 11.8 Å². The molecule has 4 heteroatoms. The van der Waals surface area contributed by atoms with Gasteiger partial charge in [-0.3, -0.25) is 0 Å². The molecule has 2 aromatic rings. The van der Waals surface area contributed by atoms with E-state index in [1.807, 2.05) is 17.8 Å². The number of rotatable bonds is 5. The van der Waals surface area contributed by atoms with Gasteiger partial charge in [-0.1, -0.05) is 18.2 Å². The van der Waals surface area contributed by atoms with Gasteiger partial charge in [-0.2, -0.15) is 0 Å². The molecule has 110 valence electrons. The zero-order valence-corrected chi connectivity index (χ0v) is 12.5. The Morgan fingerprint density at radius 2 is 2.10 bits per heavy atom. The number of hydrogen-bond acceptors (Lipinski definition) is 3. The van der Waals surface area contributed by atoms with Gasteiger partial charge in [0.25, 0.3) is 0 Å². The van der Waals surface area contributed by atoms with Crippen molar-refractivity contribution in [3.05, 3.63) is 59.4 Å². The summed E-state index contributed by atoms with van der Waals surface area (Å²) in [4.78, 5) is 1.33. The van der Waals surface area contributed by atoms with Gasteiger partial charge in [0.1, 0.15) is 18.2 Å². The monoisotopic (exact) mass is 303 g/mol. The Labute approximate surface area is 128 Å². The highest BCUT2D eigenvalue weighted by atomic mass is 32.2. The van der Waals surface area contributed by atoms with E-state index in [2.05, 4.69) is 24.3 Å². The van der Waals surface area contributed by atoms with Crippen molar-refractivity contribution in [2.24, 2.45) is 5.73 Å². The summed E-state index contributed by atoms with van der Waals surface area (Å²) < 4.78 is 19.3. The summed E-state index contributed by atoms with van der Waals surface area (Å²) in [7, 11) is 0. The molecule has 0 bridgehead atoms. The lowest BCUT2D eigenvalue weighted by molar-refractivity contribution is 0.315. The molecule has 0 radical (unpaired) electrons. The highest BCUT2D eigenvalue weighted by Crippen LogP contribution is 2.36. The second-order valence-electron chi connectivity index (χ2n) is 5.20. The van der Waals surface area contributed by atoms with Crippen LogP contribution in [0.3, 0.4) is 0 Å². The molecule has 2 aromatic carbocycles. The van der Waals surface area contributed by atoms with Gasteiger partial charge >= 0.3 is 0 Å². The molecule has 1 aliphatic heterocycles. The minimum atomic E-state index is -0.265. The zero-order chi connectivity index (χ0) is 14.7. The Hall–Kier alpha value is -1.52. The molecule has 0 aromatic heterocycles. The number of thioether (sulfide) groups is 1. The van der Waals surface area contributed by atoms with E-state index in [0.29, 0.717) is 30.6 Å². The first kappa shape index (κ1) is 14.4. The summed E-state index contributed by atoms with van der Waals surface area (Å²) in [5, 5.41) is 0.392. The first-order valence-electron chi connectivity index (χ1n) is 7.11. The lowest BCUT2D eigenvalue weighted by Crippen LogP contribution is -2.13. The molecule has 1 heterocycles. The van der Waals surface area contributed by atoms with Crippen LogP contribution in [0.5, 0.6) is 5.75 Å². The van der Waals surface area contributed by atoms with E-state index in [1.165, 1.54) is 22.6 Å². The standard InChI is InChI=1S/C17H18FNOS/c18-14-7-12(5-6-19)8-15(10-14)20-11-16-9-13-3-1-2-4-17(13)21-16/h1-4,7-8,10,16H,5-6,9,11,19H2. The fourth-order valence-electron chi connectivity index (χ4n) is 2.55. The summed E-state index contributed by atoms with van der Waals surface area (Å²) in [5.41, 5.74) is 7.77. The Morgan fingerprint density at radius 1 is 1.24 bits per heavy atom. The van der Waals surface area contributed by atoms with Crippen molar-refractivity contribution in [3.63, 3.8) is 0 Å². The van der Waals surface area contributed by atoms with Gasteiger partial charge in [0.05, 0.1) is 0 Å². The Kier molecular flexibility index (Phi) is 4.46. The number of benzene rings is 2. The van der Waals surface area contributed by atoms with Gasteiger partial charge in [0.15, 0.2) is 0 Å². The van der Waals surface area contributed by atoms with Crippen LogP contribution in [0, 0.1) is 5.82 Å². The fraction of sp³-hybridized carbons (Fsp3) is 0.294.